The maximum atomic E-state index is 4.78. The number of rotatable bonds is 9. The molecule has 0 radical (unpaired) electrons. The fourth-order valence-corrected chi connectivity index (χ4v) is 3.16. The number of hydrogen-bond donors (Lipinski definition) is 1. The van der Waals surface area contributed by atoms with Crippen molar-refractivity contribution in [2.75, 3.05) is 6.54 Å². The van der Waals surface area contributed by atoms with Crippen LogP contribution in [0.25, 0.3) is 0 Å². The fraction of sp³-hybridized carbons (Fsp3) is 0.800. The highest BCUT2D eigenvalue weighted by molar-refractivity contribution is 7.09. The molecule has 1 heterocycles. The Morgan fingerprint density at radius 1 is 1.37 bits per heavy atom. The van der Waals surface area contributed by atoms with Crippen molar-refractivity contribution < 1.29 is 0 Å². The van der Waals surface area contributed by atoms with E-state index in [0.29, 0.717) is 0 Å². The highest BCUT2D eigenvalue weighted by atomic mass is 32.1. The van der Waals surface area contributed by atoms with Crippen LogP contribution in [0, 0.1) is 0 Å². The zero-order valence-corrected chi connectivity index (χ0v) is 12.7. The van der Waals surface area contributed by atoms with Gasteiger partial charge in [-0.15, -0.1) is 11.3 Å². The monoisotopic (exact) mass is 279 g/mol. The van der Waals surface area contributed by atoms with Gasteiger partial charge in [-0.3, -0.25) is 4.90 Å². The maximum absolute atomic E-state index is 4.78. The summed E-state index contributed by atoms with van der Waals surface area (Å²) >= 11 is 1.82. The van der Waals surface area contributed by atoms with E-state index in [9.17, 15) is 0 Å². The van der Waals surface area contributed by atoms with Gasteiger partial charge in [-0.2, -0.15) is 0 Å². The summed E-state index contributed by atoms with van der Waals surface area (Å²) < 4.78 is 0. The second kappa shape index (κ2) is 6.33. The van der Waals surface area contributed by atoms with Gasteiger partial charge in [0.05, 0.1) is 5.69 Å². The zero-order chi connectivity index (χ0) is 13.1. The lowest BCUT2D eigenvalue weighted by atomic mass is 10.3. The summed E-state index contributed by atoms with van der Waals surface area (Å²) in [7, 11) is 0. The normalized spacial score (nSPS) is 19.3. The first-order valence-electron chi connectivity index (χ1n) is 7.76. The second-order valence-electron chi connectivity index (χ2n) is 5.94. The Morgan fingerprint density at radius 2 is 2.21 bits per heavy atom. The van der Waals surface area contributed by atoms with Crippen LogP contribution in [0.1, 0.15) is 56.2 Å². The Hall–Kier alpha value is -0.450. The Balaban J connectivity index is 1.49. The molecule has 2 fully saturated rings. The first-order chi connectivity index (χ1) is 9.35. The van der Waals surface area contributed by atoms with Gasteiger partial charge in [0.25, 0.3) is 0 Å². The lowest BCUT2D eigenvalue weighted by Gasteiger charge is -2.20. The summed E-state index contributed by atoms with van der Waals surface area (Å²) in [5, 5.41) is 7.06. The van der Waals surface area contributed by atoms with Gasteiger partial charge in [-0.1, -0.05) is 13.3 Å². The highest BCUT2D eigenvalue weighted by Crippen LogP contribution is 2.29. The van der Waals surface area contributed by atoms with E-state index < -0.39 is 0 Å². The minimum Gasteiger partial charge on any atom is -0.308 e. The van der Waals surface area contributed by atoms with Gasteiger partial charge in [-0.25, -0.2) is 4.98 Å². The van der Waals surface area contributed by atoms with Gasteiger partial charge in [-0.05, 0) is 38.6 Å². The summed E-state index contributed by atoms with van der Waals surface area (Å²) in [4.78, 5) is 7.42. The quantitative estimate of drug-likeness (QED) is 0.752. The molecule has 4 heteroatoms. The molecule has 0 amide bonds. The number of thiazole rings is 1. The number of unbranched alkanes of at least 4 members (excludes halogenated alkanes) is 1. The molecule has 0 aliphatic heterocycles. The number of nitrogens with one attached hydrogen (secondary N) is 1. The molecule has 0 bridgehead atoms. The molecule has 0 saturated heterocycles. The van der Waals surface area contributed by atoms with Crippen LogP contribution in [-0.4, -0.2) is 28.5 Å². The van der Waals surface area contributed by atoms with Gasteiger partial charge in [0.1, 0.15) is 5.01 Å². The van der Waals surface area contributed by atoms with E-state index in [2.05, 4.69) is 22.5 Å². The number of aromatic nitrogens is 1. The van der Waals surface area contributed by atoms with Crippen LogP contribution in [-0.2, 0) is 13.1 Å². The third-order valence-corrected chi connectivity index (χ3v) is 4.84. The summed E-state index contributed by atoms with van der Waals surface area (Å²) in [6.07, 6.45) is 8.09. The van der Waals surface area contributed by atoms with Gasteiger partial charge in [0.2, 0.25) is 0 Å². The van der Waals surface area contributed by atoms with Crippen LogP contribution in [0.5, 0.6) is 0 Å². The van der Waals surface area contributed by atoms with E-state index in [-0.39, 0.29) is 0 Å². The predicted molar refractivity (Wildman–Crippen MR) is 80.3 cm³/mol. The Morgan fingerprint density at radius 3 is 2.89 bits per heavy atom. The van der Waals surface area contributed by atoms with Gasteiger partial charge in [0, 0.05) is 30.6 Å². The first kappa shape index (κ1) is 13.5. The molecule has 0 unspecified atom stereocenters. The SMILES string of the molecule is CCCCN(Cc1csc(CNC2CC2)n1)C1CC1. The van der Waals surface area contributed by atoms with Crippen molar-refractivity contribution in [2.45, 2.75) is 70.6 Å². The van der Waals surface area contributed by atoms with Crippen LogP contribution in [0.3, 0.4) is 0 Å². The van der Waals surface area contributed by atoms with E-state index in [0.717, 1.165) is 25.2 Å². The standard InChI is InChI=1S/C15H25N3S/c1-2-3-8-18(14-6-7-14)10-13-11-19-15(17-13)9-16-12-4-5-12/h11-12,14,16H,2-10H2,1H3. The molecule has 2 saturated carbocycles. The smallest absolute Gasteiger partial charge is 0.107 e. The summed E-state index contributed by atoms with van der Waals surface area (Å²) in [6, 6.07) is 1.63. The van der Waals surface area contributed by atoms with E-state index >= 15 is 0 Å². The Labute approximate surface area is 120 Å². The lowest BCUT2D eigenvalue weighted by molar-refractivity contribution is 0.248. The molecule has 19 heavy (non-hydrogen) atoms. The largest absolute Gasteiger partial charge is 0.308 e. The van der Waals surface area contributed by atoms with E-state index in [1.165, 1.54) is 55.8 Å². The van der Waals surface area contributed by atoms with E-state index in [1.807, 2.05) is 11.3 Å². The lowest BCUT2D eigenvalue weighted by Crippen LogP contribution is -2.26. The molecular weight excluding hydrogens is 254 g/mol. The van der Waals surface area contributed by atoms with Crippen LogP contribution < -0.4 is 5.32 Å². The number of hydrogen-bond acceptors (Lipinski definition) is 4. The zero-order valence-electron chi connectivity index (χ0n) is 11.9. The molecule has 2 aliphatic rings. The van der Waals surface area contributed by atoms with Crippen molar-refractivity contribution in [1.29, 1.82) is 0 Å². The molecule has 1 aromatic heterocycles. The average molecular weight is 279 g/mol. The maximum Gasteiger partial charge on any atom is 0.107 e. The van der Waals surface area contributed by atoms with Crippen LogP contribution in [0.15, 0.2) is 5.38 Å². The summed E-state index contributed by atoms with van der Waals surface area (Å²) in [5.41, 5.74) is 1.28. The van der Waals surface area contributed by atoms with Crippen LogP contribution >= 0.6 is 11.3 Å². The van der Waals surface area contributed by atoms with Gasteiger partial charge < -0.3 is 5.32 Å². The molecule has 2 aliphatic carbocycles. The van der Waals surface area contributed by atoms with Crippen molar-refractivity contribution in [3.63, 3.8) is 0 Å². The molecule has 106 valence electrons. The van der Waals surface area contributed by atoms with E-state index in [1.54, 1.807) is 0 Å². The summed E-state index contributed by atoms with van der Waals surface area (Å²) in [6.45, 7) is 5.54. The molecule has 3 nitrogen and oxygen atoms in total. The topological polar surface area (TPSA) is 28.2 Å². The Kier molecular flexibility index (Phi) is 4.51. The molecule has 0 atom stereocenters. The van der Waals surface area contributed by atoms with Gasteiger partial charge in [0.15, 0.2) is 0 Å². The van der Waals surface area contributed by atoms with Crippen molar-refractivity contribution in [3.8, 4) is 0 Å². The third-order valence-electron chi connectivity index (χ3n) is 3.95. The van der Waals surface area contributed by atoms with Crippen molar-refractivity contribution in [1.82, 2.24) is 15.2 Å². The Bertz CT molecular complexity index is 396. The summed E-state index contributed by atoms with van der Waals surface area (Å²) in [5.74, 6) is 0. The highest BCUT2D eigenvalue weighted by Gasteiger charge is 2.28. The third kappa shape index (κ3) is 4.26. The van der Waals surface area contributed by atoms with Gasteiger partial charge >= 0.3 is 0 Å². The molecule has 0 spiro atoms. The van der Waals surface area contributed by atoms with Crippen molar-refractivity contribution in [3.05, 3.63) is 16.1 Å². The molecule has 1 aromatic rings. The fourth-order valence-electron chi connectivity index (χ4n) is 2.42. The molecular formula is C15H25N3S. The number of nitrogens with zero attached hydrogens (tertiary/aromatic N) is 2. The van der Waals surface area contributed by atoms with E-state index in [4.69, 9.17) is 4.98 Å². The molecule has 3 rings (SSSR count). The first-order valence-corrected chi connectivity index (χ1v) is 8.64. The molecule has 0 aromatic carbocycles. The van der Waals surface area contributed by atoms with Crippen molar-refractivity contribution in [2.24, 2.45) is 0 Å². The predicted octanol–water partition coefficient (Wildman–Crippen LogP) is 3.16. The average Bonchev–Trinajstić information content (AvgIpc) is 3.32. The second-order valence-corrected chi connectivity index (χ2v) is 6.89. The molecule has 1 N–H and O–H groups in total. The minimum absolute atomic E-state index is 0.778. The van der Waals surface area contributed by atoms with Crippen LogP contribution in [0.2, 0.25) is 0 Å². The minimum atomic E-state index is 0.778. The van der Waals surface area contributed by atoms with Crippen LogP contribution in [0.4, 0.5) is 0 Å². The van der Waals surface area contributed by atoms with Crippen molar-refractivity contribution >= 4 is 11.3 Å².